The summed E-state index contributed by atoms with van der Waals surface area (Å²) in [6.45, 7) is 14.0. The second-order valence-electron chi connectivity index (χ2n) is 10.9. The minimum absolute atomic E-state index is 0.0281. The molecule has 3 aromatic carbocycles. The molecule has 34 heavy (non-hydrogen) atoms. The molecule has 0 radical (unpaired) electrons. The molecule has 0 atom stereocenters. The second kappa shape index (κ2) is 7.57. The first-order chi connectivity index (χ1) is 16.6. The fourth-order valence-electron chi connectivity index (χ4n) is 5.62. The van der Waals surface area contributed by atoms with Crippen LogP contribution in [0.1, 0.15) is 63.8 Å². The van der Waals surface area contributed by atoms with Crippen LogP contribution in [0.4, 0.5) is 0 Å². The van der Waals surface area contributed by atoms with Crippen molar-refractivity contribution in [3.63, 3.8) is 0 Å². The van der Waals surface area contributed by atoms with Gasteiger partial charge in [-0.3, -0.25) is 0 Å². The molecule has 1 aliphatic rings. The van der Waals surface area contributed by atoms with Gasteiger partial charge in [0.1, 0.15) is 7.05 Å². The van der Waals surface area contributed by atoms with Gasteiger partial charge in [-0.15, -0.1) is 5.92 Å². The fourth-order valence-corrected chi connectivity index (χ4v) is 5.62. The van der Waals surface area contributed by atoms with Gasteiger partial charge in [-0.05, 0) is 93.9 Å². The maximum absolute atomic E-state index is 7.35. The number of aromatic nitrogens is 1. The molecule has 170 valence electrons. The summed E-state index contributed by atoms with van der Waals surface area (Å²) in [7, 11) is 2.09. The molecule has 0 bridgehead atoms. The monoisotopic (exact) mass is 445 g/mol. The number of benzene rings is 3. The molecular formula is C33H34N+. The lowest BCUT2D eigenvalue weighted by Crippen LogP contribution is -2.43. The Morgan fingerprint density at radius 1 is 0.765 bits per heavy atom. The Morgan fingerprint density at radius 2 is 1.38 bits per heavy atom. The molecule has 0 amide bonds. The van der Waals surface area contributed by atoms with Crippen molar-refractivity contribution in [2.75, 3.05) is 0 Å². The summed E-state index contributed by atoms with van der Waals surface area (Å²) in [6.07, 6.45) is 2.10. The van der Waals surface area contributed by atoms with Gasteiger partial charge in [-0.25, -0.2) is 0 Å². The van der Waals surface area contributed by atoms with Gasteiger partial charge >= 0.3 is 0 Å². The molecule has 5 rings (SSSR count). The van der Waals surface area contributed by atoms with Gasteiger partial charge in [0.25, 0.3) is 0 Å². The summed E-state index contributed by atoms with van der Waals surface area (Å²) in [4.78, 5) is 0. The first-order valence-electron chi connectivity index (χ1n) is 12.7. The summed E-state index contributed by atoms with van der Waals surface area (Å²) in [5.41, 5.74) is 11.3. The Balaban J connectivity index is 1.78. The van der Waals surface area contributed by atoms with Crippen molar-refractivity contribution in [3.8, 4) is 34.2 Å². The summed E-state index contributed by atoms with van der Waals surface area (Å²) in [5, 5.41) is 2.60. The van der Waals surface area contributed by atoms with E-state index in [0.717, 1.165) is 11.1 Å². The summed E-state index contributed by atoms with van der Waals surface area (Å²) in [5.74, 6) is 6.03. The minimum Gasteiger partial charge on any atom is -0.200 e. The maximum Gasteiger partial charge on any atom is 0.212 e. The summed E-state index contributed by atoms with van der Waals surface area (Å²) in [6, 6.07) is 20.6. The normalized spacial score (nSPS) is 15.7. The molecule has 1 heterocycles. The number of hydrogen-bond donors (Lipinski definition) is 0. The zero-order chi connectivity index (χ0) is 25.1. The number of fused-ring (bicyclic) bond motifs is 4. The van der Waals surface area contributed by atoms with Gasteiger partial charge < -0.3 is 0 Å². The molecule has 1 aromatic heterocycles. The molecule has 4 aromatic rings. The molecule has 1 heteroatoms. The van der Waals surface area contributed by atoms with E-state index in [0.29, 0.717) is 0 Å². The third kappa shape index (κ3) is 3.13. The lowest BCUT2D eigenvalue weighted by Gasteiger charge is -2.48. The quantitative estimate of drug-likeness (QED) is 0.210. The Morgan fingerprint density at radius 3 is 2.06 bits per heavy atom. The van der Waals surface area contributed by atoms with E-state index in [-0.39, 0.29) is 17.7 Å². The Labute approximate surface area is 205 Å². The van der Waals surface area contributed by atoms with Crippen molar-refractivity contribution in [1.29, 1.82) is 0 Å². The number of rotatable bonds is 1. The first-order valence-corrected chi connectivity index (χ1v) is 12.0. The molecule has 0 aliphatic heterocycles. The molecule has 1 nitrogen and oxygen atoms in total. The van der Waals surface area contributed by atoms with Crippen LogP contribution in [0.15, 0.2) is 60.8 Å². The molecule has 0 fully saturated rings. The maximum atomic E-state index is 7.35. The van der Waals surface area contributed by atoms with Crippen molar-refractivity contribution in [2.45, 2.75) is 59.3 Å². The highest BCUT2D eigenvalue weighted by Crippen LogP contribution is 2.55. The minimum atomic E-state index is -0.0482. The predicted molar refractivity (Wildman–Crippen MR) is 144 cm³/mol. The van der Waals surface area contributed by atoms with Gasteiger partial charge in [-0.2, -0.15) is 4.57 Å². The number of nitrogens with zero attached hydrogens (tertiary/aromatic N) is 1. The third-order valence-corrected chi connectivity index (χ3v) is 8.43. The van der Waals surface area contributed by atoms with Gasteiger partial charge in [0.2, 0.25) is 5.69 Å². The largest absolute Gasteiger partial charge is 0.212 e. The third-order valence-electron chi connectivity index (χ3n) is 8.43. The van der Waals surface area contributed by atoms with E-state index in [1.165, 1.54) is 49.8 Å². The number of hydrogen-bond acceptors (Lipinski definition) is 0. The predicted octanol–water partition coefficient (Wildman–Crippen LogP) is 7.56. The van der Waals surface area contributed by atoms with Crippen molar-refractivity contribution in [1.82, 2.24) is 0 Å². The topological polar surface area (TPSA) is 3.88 Å². The summed E-state index contributed by atoms with van der Waals surface area (Å²) >= 11 is 0. The van der Waals surface area contributed by atoms with Crippen molar-refractivity contribution in [3.05, 3.63) is 88.6 Å². The van der Waals surface area contributed by atoms with Crippen LogP contribution in [0.5, 0.6) is 0 Å². The molecular weight excluding hydrogens is 410 g/mol. The zero-order valence-corrected chi connectivity index (χ0v) is 21.4. The van der Waals surface area contributed by atoms with Crippen LogP contribution in [0.25, 0.3) is 33.2 Å². The van der Waals surface area contributed by atoms with Crippen LogP contribution >= 0.6 is 0 Å². The van der Waals surface area contributed by atoms with E-state index in [2.05, 4.69) is 126 Å². The van der Waals surface area contributed by atoms with E-state index < -0.39 is 0 Å². The van der Waals surface area contributed by atoms with Crippen LogP contribution in [0.2, 0.25) is 0 Å². The average Bonchev–Trinajstić information content (AvgIpc) is 2.82. The molecule has 0 N–H and O–H groups in total. The standard InChI is InChI=1S/C33H34N/c1-9-12-25-20-34(8)31(16-21(25)2)26-19-30-27(15-22(26)3)28-17-23-13-10-11-14-24(23)18-29(28)32(4,5)33(30,6)7/h10-11,13-20H,1-8H3/q+1/i1D. The smallest absolute Gasteiger partial charge is 0.200 e. The lowest BCUT2D eigenvalue weighted by molar-refractivity contribution is -0.660. The van der Waals surface area contributed by atoms with E-state index in [4.69, 9.17) is 1.37 Å². The van der Waals surface area contributed by atoms with Crippen LogP contribution in [-0.4, -0.2) is 0 Å². The molecule has 0 spiro atoms. The Hall–Kier alpha value is -3.37. The number of pyridine rings is 1. The highest BCUT2D eigenvalue weighted by atomic mass is 14.9. The first kappa shape index (κ1) is 21.2. The van der Waals surface area contributed by atoms with Gasteiger partial charge in [0.15, 0.2) is 6.20 Å². The average molecular weight is 446 g/mol. The van der Waals surface area contributed by atoms with Gasteiger partial charge in [0, 0.05) is 13.0 Å². The van der Waals surface area contributed by atoms with E-state index in [1.807, 2.05) is 0 Å². The lowest BCUT2D eigenvalue weighted by atomic mass is 9.55. The Kier molecular flexibility index (Phi) is 4.72. The molecule has 0 unspecified atom stereocenters. The van der Waals surface area contributed by atoms with Gasteiger partial charge in [-0.1, -0.05) is 63.9 Å². The number of aryl methyl sites for hydroxylation is 3. The van der Waals surface area contributed by atoms with Crippen molar-refractivity contribution in [2.24, 2.45) is 7.05 Å². The van der Waals surface area contributed by atoms with Crippen molar-refractivity contribution < 1.29 is 5.94 Å². The SMILES string of the molecule is [2H]CC#Cc1c[n+](C)c(-c2cc3c(cc2C)-c2cc4ccccc4cc2C(C)(C)C3(C)C)cc1C. The van der Waals surface area contributed by atoms with Crippen LogP contribution in [0.3, 0.4) is 0 Å². The van der Waals surface area contributed by atoms with E-state index in [1.54, 1.807) is 0 Å². The van der Waals surface area contributed by atoms with Crippen molar-refractivity contribution >= 4 is 10.8 Å². The zero-order valence-electron chi connectivity index (χ0n) is 22.4. The molecule has 0 saturated carbocycles. The van der Waals surface area contributed by atoms with Gasteiger partial charge in [0.05, 0.1) is 5.56 Å². The highest BCUT2D eigenvalue weighted by molar-refractivity contribution is 5.92. The van der Waals surface area contributed by atoms with E-state index in [9.17, 15) is 0 Å². The van der Waals surface area contributed by atoms with Crippen LogP contribution in [0, 0.1) is 25.7 Å². The fraction of sp³-hybridized carbons (Fsp3) is 0.303. The Bertz CT molecular complexity index is 1560. The van der Waals surface area contributed by atoms with Crippen LogP contribution in [-0.2, 0) is 17.9 Å². The summed E-state index contributed by atoms with van der Waals surface area (Å²) < 4.78 is 9.53. The second-order valence-corrected chi connectivity index (χ2v) is 10.9. The molecule has 1 aliphatic carbocycles. The van der Waals surface area contributed by atoms with E-state index >= 15 is 0 Å². The highest BCUT2D eigenvalue weighted by Gasteiger charge is 2.46. The molecule has 0 saturated heterocycles. The van der Waals surface area contributed by atoms with Crippen LogP contribution < -0.4 is 4.57 Å².